The lowest BCUT2D eigenvalue weighted by Gasteiger charge is -2.15. The first-order valence-corrected chi connectivity index (χ1v) is 5.76. The Morgan fingerprint density at radius 2 is 1.94 bits per heavy atom. The highest BCUT2D eigenvalue weighted by molar-refractivity contribution is 8.00. The van der Waals surface area contributed by atoms with Gasteiger partial charge in [-0.1, -0.05) is 0 Å². The highest BCUT2D eigenvalue weighted by atomic mass is 32.2. The Balaban J connectivity index is 4.16. The van der Waals surface area contributed by atoms with Gasteiger partial charge >= 0.3 is 5.97 Å². The standard InChI is InChI=1S/C9H16N2O4S/c1-5(8(13)10-3)16-4-7(9(14)15)11-6(2)12/h5,7H,4H2,1-3H3,(H,10,13)(H,11,12)(H,14,15). The molecular weight excluding hydrogens is 232 g/mol. The first kappa shape index (κ1) is 14.8. The van der Waals surface area contributed by atoms with Crippen molar-refractivity contribution >= 4 is 29.5 Å². The quantitative estimate of drug-likeness (QED) is 0.586. The maximum atomic E-state index is 11.1. The summed E-state index contributed by atoms with van der Waals surface area (Å²) in [5.41, 5.74) is 0. The van der Waals surface area contributed by atoms with E-state index in [0.717, 1.165) is 0 Å². The molecule has 0 aliphatic carbocycles. The molecule has 0 aliphatic rings. The minimum absolute atomic E-state index is 0.156. The van der Waals surface area contributed by atoms with E-state index >= 15 is 0 Å². The number of hydrogen-bond donors (Lipinski definition) is 3. The zero-order valence-electron chi connectivity index (χ0n) is 9.44. The third kappa shape index (κ3) is 5.59. The Kier molecular flexibility index (Phi) is 6.55. The average Bonchev–Trinajstić information content (AvgIpc) is 2.21. The van der Waals surface area contributed by atoms with E-state index in [0.29, 0.717) is 0 Å². The highest BCUT2D eigenvalue weighted by Gasteiger charge is 2.21. The molecule has 0 aromatic carbocycles. The Bertz CT molecular complexity index is 283. The van der Waals surface area contributed by atoms with Gasteiger partial charge in [0.15, 0.2) is 0 Å². The van der Waals surface area contributed by atoms with Gasteiger partial charge in [-0.2, -0.15) is 0 Å². The molecule has 0 radical (unpaired) electrons. The van der Waals surface area contributed by atoms with E-state index in [2.05, 4.69) is 10.6 Å². The van der Waals surface area contributed by atoms with Crippen LogP contribution in [0.25, 0.3) is 0 Å². The summed E-state index contributed by atoms with van der Waals surface area (Å²) in [6.45, 7) is 2.93. The third-order valence-electron chi connectivity index (χ3n) is 1.80. The maximum absolute atomic E-state index is 11.1. The van der Waals surface area contributed by atoms with E-state index in [4.69, 9.17) is 5.11 Å². The number of aliphatic carboxylic acids is 1. The SMILES string of the molecule is CNC(=O)C(C)SCC(NC(C)=O)C(=O)O. The number of nitrogens with one attached hydrogen (secondary N) is 2. The fourth-order valence-electron chi connectivity index (χ4n) is 0.940. The van der Waals surface area contributed by atoms with Crippen LogP contribution < -0.4 is 10.6 Å². The maximum Gasteiger partial charge on any atom is 0.327 e. The summed E-state index contributed by atoms with van der Waals surface area (Å²) in [5, 5.41) is 13.2. The van der Waals surface area contributed by atoms with Gasteiger partial charge in [-0.25, -0.2) is 4.79 Å². The van der Waals surface area contributed by atoms with Crippen molar-refractivity contribution in [2.45, 2.75) is 25.1 Å². The van der Waals surface area contributed by atoms with Crippen molar-refractivity contribution in [2.75, 3.05) is 12.8 Å². The smallest absolute Gasteiger partial charge is 0.327 e. The Morgan fingerprint density at radius 1 is 1.38 bits per heavy atom. The average molecular weight is 248 g/mol. The molecule has 0 aromatic rings. The van der Waals surface area contributed by atoms with Gasteiger partial charge in [-0.15, -0.1) is 11.8 Å². The van der Waals surface area contributed by atoms with E-state index in [1.165, 1.54) is 25.7 Å². The molecule has 0 aliphatic heterocycles. The molecule has 7 heteroatoms. The topological polar surface area (TPSA) is 95.5 Å². The molecule has 0 heterocycles. The van der Waals surface area contributed by atoms with Gasteiger partial charge in [0.2, 0.25) is 11.8 Å². The zero-order chi connectivity index (χ0) is 12.7. The Labute approximate surface area is 98.2 Å². The normalized spacial score (nSPS) is 13.7. The van der Waals surface area contributed by atoms with Crippen LogP contribution in [0, 0.1) is 0 Å². The number of carboxylic acid groups (broad SMARTS) is 1. The van der Waals surface area contributed by atoms with Crippen LogP contribution in [0.3, 0.4) is 0 Å². The van der Waals surface area contributed by atoms with Gasteiger partial charge in [0.1, 0.15) is 6.04 Å². The number of hydrogen-bond acceptors (Lipinski definition) is 4. The minimum Gasteiger partial charge on any atom is -0.480 e. The van der Waals surface area contributed by atoms with Crippen LogP contribution in [0.2, 0.25) is 0 Å². The zero-order valence-corrected chi connectivity index (χ0v) is 10.3. The molecule has 2 amide bonds. The molecule has 0 spiro atoms. The predicted octanol–water partition coefficient (Wildman–Crippen LogP) is -0.557. The summed E-state index contributed by atoms with van der Waals surface area (Å²) >= 11 is 1.18. The van der Waals surface area contributed by atoms with E-state index < -0.39 is 17.9 Å². The van der Waals surface area contributed by atoms with Crippen LogP contribution in [-0.4, -0.2) is 47.0 Å². The number of amides is 2. The van der Waals surface area contributed by atoms with Crippen molar-refractivity contribution in [3.8, 4) is 0 Å². The van der Waals surface area contributed by atoms with Gasteiger partial charge in [0.25, 0.3) is 0 Å². The van der Waals surface area contributed by atoms with Crippen LogP contribution in [0.5, 0.6) is 0 Å². The van der Waals surface area contributed by atoms with Gasteiger partial charge in [-0.05, 0) is 6.92 Å². The van der Waals surface area contributed by atoms with Gasteiger partial charge in [-0.3, -0.25) is 9.59 Å². The molecule has 0 saturated heterocycles. The fourth-order valence-corrected chi connectivity index (χ4v) is 1.92. The Hall–Kier alpha value is -1.24. The molecule has 2 atom stereocenters. The highest BCUT2D eigenvalue weighted by Crippen LogP contribution is 2.12. The number of carbonyl (C=O) groups excluding carboxylic acids is 2. The van der Waals surface area contributed by atoms with Gasteiger partial charge in [0, 0.05) is 19.7 Å². The minimum atomic E-state index is -1.10. The number of rotatable bonds is 6. The van der Waals surface area contributed by atoms with Crippen LogP contribution >= 0.6 is 11.8 Å². The molecule has 2 unspecified atom stereocenters. The number of carbonyl (C=O) groups is 3. The molecule has 0 bridgehead atoms. The largest absolute Gasteiger partial charge is 0.480 e. The van der Waals surface area contributed by atoms with Crippen LogP contribution in [0.1, 0.15) is 13.8 Å². The molecule has 16 heavy (non-hydrogen) atoms. The Morgan fingerprint density at radius 3 is 2.31 bits per heavy atom. The fraction of sp³-hybridized carbons (Fsp3) is 0.667. The molecule has 0 aromatic heterocycles. The third-order valence-corrected chi connectivity index (χ3v) is 3.04. The van der Waals surface area contributed by atoms with Crippen molar-refractivity contribution in [3.63, 3.8) is 0 Å². The summed E-state index contributed by atoms with van der Waals surface area (Å²) < 4.78 is 0. The van der Waals surface area contributed by atoms with Crippen LogP contribution in [-0.2, 0) is 14.4 Å². The summed E-state index contributed by atoms with van der Waals surface area (Å²) in [4.78, 5) is 32.6. The second-order valence-corrected chi connectivity index (χ2v) is 4.55. The van der Waals surface area contributed by atoms with Crippen molar-refractivity contribution in [1.29, 1.82) is 0 Å². The molecule has 0 fully saturated rings. The van der Waals surface area contributed by atoms with E-state index in [1.54, 1.807) is 6.92 Å². The predicted molar refractivity (Wildman–Crippen MR) is 61.2 cm³/mol. The van der Waals surface area contributed by atoms with Crippen LogP contribution in [0.4, 0.5) is 0 Å². The lowest BCUT2D eigenvalue weighted by molar-refractivity contribution is -0.140. The lowest BCUT2D eigenvalue weighted by Crippen LogP contribution is -2.42. The molecule has 0 saturated carbocycles. The molecule has 92 valence electrons. The van der Waals surface area contributed by atoms with Crippen LogP contribution in [0.15, 0.2) is 0 Å². The van der Waals surface area contributed by atoms with E-state index in [1.807, 2.05) is 0 Å². The lowest BCUT2D eigenvalue weighted by atomic mass is 10.3. The summed E-state index contributed by atoms with van der Waals surface area (Å²) in [7, 11) is 1.52. The first-order chi connectivity index (χ1) is 7.38. The van der Waals surface area contributed by atoms with Crippen molar-refractivity contribution in [1.82, 2.24) is 10.6 Å². The van der Waals surface area contributed by atoms with Crippen molar-refractivity contribution < 1.29 is 19.5 Å². The summed E-state index contributed by atoms with van der Waals surface area (Å²) in [6.07, 6.45) is 0. The summed E-state index contributed by atoms with van der Waals surface area (Å²) in [5.74, 6) is -1.52. The number of carboxylic acids is 1. The van der Waals surface area contributed by atoms with E-state index in [9.17, 15) is 14.4 Å². The molecule has 3 N–H and O–H groups in total. The van der Waals surface area contributed by atoms with Crippen molar-refractivity contribution in [3.05, 3.63) is 0 Å². The molecule has 6 nitrogen and oxygen atoms in total. The number of thioether (sulfide) groups is 1. The van der Waals surface area contributed by atoms with Gasteiger partial charge < -0.3 is 15.7 Å². The molecular formula is C9H16N2O4S. The molecule has 0 rings (SSSR count). The van der Waals surface area contributed by atoms with Gasteiger partial charge in [0.05, 0.1) is 5.25 Å². The second-order valence-electron chi connectivity index (χ2n) is 3.18. The second kappa shape index (κ2) is 7.10. The van der Waals surface area contributed by atoms with Crippen molar-refractivity contribution in [2.24, 2.45) is 0 Å². The van der Waals surface area contributed by atoms with E-state index in [-0.39, 0.29) is 16.9 Å². The summed E-state index contributed by atoms with van der Waals surface area (Å²) in [6, 6.07) is -0.963. The first-order valence-electron chi connectivity index (χ1n) is 4.71. The monoisotopic (exact) mass is 248 g/mol.